The van der Waals surface area contributed by atoms with Crippen molar-refractivity contribution in [3.63, 3.8) is 0 Å². The molecule has 0 radical (unpaired) electrons. The van der Waals surface area contributed by atoms with Crippen LogP contribution in [0.5, 0.6) is 0 Å². The summed E-state index contributed by atoms with van der Waals surface area (Å²) in [4.78, 5) is 3.78. The van der Waals surface area contributed by atoms with Crippen molar-refractivity contribution in [1.29, 1.82) is 0 Å². The van der Waals surface area contributed by atoms with Crippen LogP contribution in [0, 0.1) is 0 Å². The van der Waals surface area contributed by atoms with Gasteiger partial charge in [-0.05, 0) is 32.4 Å². The summed E-state index contributed by atoms with van der Waals surface area (Å²) in [5.41, 5.74) is -0.458. The normalized spacial score (nSPS) is 9.23. The second-order valence-corrected chi connectivity index (χ2v) is 3.19. The third-order valence-electron chi connectivity index (χ3n) is 1.43. The zero-order valence-electron chi connectivity index (χ0n) is 9.99. The number of hydrogen-bond acceptors (Lipinski definition) is 2. The zero-order chi connectivity index (χ0) is 9.45. The van der Waals surface area contributed by atoms with E-state index in [1.165, 1.54) is 0 Å². The van der Waals surface area contributed by atoms with Crippen molar-refractivity contribution in [2.24, 2.45) is 0 Å². The maximum Gasteiger partial charge on any atom is 1.00 e. The molecule has 13 heavy (non-hydrogen) atoms. The molecule has 0 aliphatic carbocycles. The molecule has 1 rings (SSSR count). The molecule has 0 saturated carbocycles. The molecular weight excluding hydrogens is 189 g/mol. The Hall–Kier alpha value is 0.746. The molecule has 1 heterocycles. The van der Waals surface area contributed by atoms with E-state index in [4.69, 9.17) is 5.11 Å². The average molecular weight is 207 g/mol. The minimum absolute atomic E-state index is 0. The van der Waals surface area contributed by atoms with Crippen molar-refractivity contribution in [3.8, 4) is 0 Å². The quantitative estimate of drug-likeness (QED) is 0.622. The molecule has 2 nitrogen and oxygen atoms in total. The first kappa shape index (κ1) is 16.2. The summed E-state index contributed by atoms with van der Waals surface area (Å²) in [6.45, 7) is 5.56. The van der Waals surface area contributed by atoms with Crippen LogP contribution >= 0.6 is 0 Å². The van der Waals surface area contributed by atoms with E-state index in [-0.39, 0.29) is 52.8 Å². The van der Waals surface area contributed by atoms with E-state index in [0.717, 1.165) is 6.42 Å². The maximum atomic E-state index is 8.83. The van der Waals surface area contributed by atoms with E-state index < -0.39 is 5.60 Å². The molecular formula is C10H18KNO. The fourth-order valence-corrected chi connectivity index (χ4v) is 0.313. The molecule has 0 amide bonds. The fraction of sp³-hybridized carbons (Fsp3) is 0.500. The third kappa shape index (κ3) is 15.5. The molecule has 0 aliphatic rings. The second-order valence-electron chi connectivity index (χ2n) is 3.19. The van der Waals surface area contributed by atoms with Crippen LogP contribution < -0.4 is 51.4 Å². The Bertz CT molecular complexity index is 162. The van der Waals surface area contributed by atoms with E-state index in [1.807, 2.05) is 25.1 Å². The van der Waals surface area contributed by atoms with Crippen LogP contribution in [0.3, 0.4) is 0 Å². The number of nitrogens with zero attached hydrogens (tertiary/aromatic N) is 1. The molecule has 70 valence electrons. The molecule has 1 aromatic rings. The summed E-state index contributed by atoms with van der Waals surface area (Å²) in [5.74, 6) is 0. The van der Waals surface area contributed by atoms with Gasteiger partial charge in [-0.2, -0.15) is 0 Å². The van der Waals surface area contributed by atoms with E-state index in [1.54, 1.807) is 26.2 Å². The Morgan fingerprint density at radius 3 is 1.69 bits per heavy atom. The number of rotatable bonds is 1. The van der Waals surface area contributed by atoms with Crippen LogP contribution in [-0.4, -0.2) is 15.7 Å². The van der Waals surface area contributed by atoms with Crippen LogP contribution in [0.2, 0.25) is 0 Å². The Labute approximate surface area is 125 Å². The predicted octanol–water partition coefficient (Wildman–Crippen LogP) is -0.635. The Kier molecular flexibility index (Phi) is 11.6. The largest absolute Gasteiger partial charge is 1.00 e. The van der Waals surface area contributed by atoms with Crippen molar-refractivity contribution in [2.45, 2.75) is 32.8 Å². The summed E-state index contributed by atoms with van der Waals surface area (Å²) in [6, 6.07) is 5.72. The first-order chi connectivity index (χ1) is 5.56. The first-order valence-corrected chi connectivity index (χ1v) is 4.13. The number of hydrogen-bond donors (Lipinski definition) is 1. The Morgan fingerprint density at radius 1 is 1.23 bits per heavy atom. The molecule has 1 aromatic heterocycles. The molecule has 0 atom stereocenters. The zero-order valence-corrected chi connectivity index (χ0v) is 12.1. The van der Waals surface area contributed by atoms with E-state index >= 15 is 0 Å². The Balaban J connectivity index is -0.000000151. The molecule has 0 spiro atoms. The van der Waals surface area contributed by atoms with Crippen molar-refractivity contribution in [3.05, 3.63) is 30.6 Å². The summed E-state index contributed by atoms with van der Waals surface area (Å²) in [7, 11) is 0. The minimum atomic E-state index is -0.458. The predicted molar refractivity (Wildman–Crippen MR) is 51.9 cm³/mol. The van der Waals surface area contributed by atoms with E-state index in [2.05, 4.69) is 4.98 Å². The van der Waals surface area contributed by atoms with Gasteiger partial charge >= 0.3 is 51.4 Å². The van der Waals surface area contributed by atoms with Crippen LogP contribution in [0.15, 0.2) is 30.6 Å². The molecule has 0 saturated heterocycles. The standard InChI is InChI=1S/C5H5N.C5H12O.K.H/c1-2-4-6-5-3-1;1-4-5(2,3)6;;/h1-5H;6H,4H2,1-3H3;;/q;;+1;-1. The van der Waals surface area contributed by atoms with Crippen molar-refractivity contribution < 1.29 is 57.9 Å². The molecule has 0 unspecified atom stereocenters. The van der Waals surface area contributed by atoms with Gasteiger partial charge in [0, 0.05) is 12.4 Å². The van der Waals surface area contributed by atoms with Gasteiger partial charge in [-0.1, -0.05) is 13.0 Å². The molecule has 1 N–H and O–H groups in total. The first-order valence-electron chi connectivity index (χ1n) is 4.13. The van der Waals surface area contributed by atoms with Crippen molar-refractivity contribution in [1.82, 2.24) is 4.98 Å². The SMILES string of the molecule is CCC(C)(C)O.[H-].[K+].c1ccncc1. The van der Waals surface area contributed by atoms with Crippen molar-refractivity contribution in [2.75, 3.05) is 0 Å². The van der Waals surface area contributed by atoms with Gasteiger partial charge in [-0.15, -0.1) is 0 Å². The van der Waals surface area contributed by atoms with E-state index in [0.29, 0.717) is 0 Å². The van der Waals surface area contributed by atoms with Crippen LogP contribution in [0.25, 0.3) is 0 Å². The maximum absolute atomic E-state index is 8.83. The summed E-state index contributed by atoms with van der Waals surface area (Å²) in [5, 5.41) is 8.83. The molecule has 0 fully saturated rings. The third-order valence-corrected chi connectivity index (χ3v) is 1.43. The summed E-state index contributed by atoms with van der Waals surface area (Å²) < 4.78 is 0. The molecule has 0 aromatic carbocycles. The van der Waals surface area contributed by atoms with E-state index in [9.17, 15) is 0 Å². The minimum Gasteiger partial charge on any atom is -1.00 e. The Morgan fingerprint density at radius 2 is 1.62 bits per heavy atom. The van der Waals surface area contributed by atoms with Crippen molar-refractivity contribution >= 4 is 0 Å². The molecule has 0 aliphatic heterocycles. The monoisotopic (exact) mass is 207 g/mol. The van der Waals surface area contributed by atoms with Crippen LogP contribution in [0.1, 0.15) is 28.6 Å². The van der Waals surface area contributed by atoms with Gasteiger partial charge in [0.1, 0.15) is 0 Å². The topological polar surface area (TPSA) is 33.1 Å². The number of aromatic nitrogens is 1. The fourth-order valence-electron chi connectivity index (χ4n) is 0.313. The van der Waals surface area contributed by atoms with Gasteiger partial charge in [-0.3, -0.25) is 4.98 Å². The second kappa shape index (κ2) is 9.31. The van der Waals surface area contributed by atoms with Gasteiger partial charge in [0.05, 0.1) is 5.60 Å². The number of pyridine rings is 1. The van der Waals surface area contributed by atoms with Gasteiger partial charge in [-0.25, -0.2) is 0 Å². The summed E-state index contributed by atoms with van der Waals surface area (Å²) in [6.07, 6.45) is 4.33. The van der Waals surface area contributed by atoms with Gasteiger partial charge in [0.2, 0.25) is 0 Å². The molecule has 0 bridgehead atoms. The van der Waals surface area contributed by atoms with Crippen LogP contribution in [-0.2, 0) is 0 Å². The van der Waals surface area contributed by atoms with Gasteiger partial charge < -0.3 is 6.53 Å². The van der Waals surface area contributed by atoms with Crippen LogP contribution in [0.4, 0.5) is 0 Å². The smallest absolute Gasteiger partial charge is 1.00 e. The molecule has 3 heteroatoms. The summed E-state index contributed by atoms with van der Waals surface area (Å²) >= 11 is 0. The average Bonchev–Trinajstić information content (AvgIpc) is 2.07. The van der Waals surface area contributed by atoms with Gasteiger partial charge in [0.25, 0.3) is 0 Å². The van der Waals surface area contributed by atoms with Gasteiger partial charge in [0.15, 0.2) is 0 Å². The number of aliphatic hydroxyl groups is 1.